The molecule has 11 heteroatoms. The summed E-state index contributed by atoms with van der Waals surface area (Å²) in [5, 5.41) is 0. The second-order valence-corrected chi connectivity index (χ2v) is 7.85. The molecule has 0 unspecified atom stereocenters. The van der Waals surface area contributed by atoms with Crippen LogP contribution >= 0.6 is 0 Å². The van der Waals surface area contributed by atoms with Gasteiger partial charge in [-0.3, -0.25) is 4.57 Å². The Balaban J connectivity index is 1.62. The fourth-order valence-corrected chi connectivity index (χ4v) is 4.15. The van der Waals surface area contributed by atoms with Crippen molar-refractivity contribution < 1.29 is 13.5 Å². The zero-order chi connectivity index (χ0) is 22.1. The molecule has 0 spiro atoms. The smallest absolute Gasteiger partial charge is 0.296 e. The molecule has 0 amide bonds. The highest BCUT2D eigenvalue weighted by Crippen LogP contribution is 2.28. The van der Waals surface area contributed by atoms with Gasteiger partial charge in [0.05, 0.1) is 24.2 Å². The Labute approximate surface area is 184 Å². The number of rotatable bonds is 5. The van der Waals surface area contributed by atoms with Gasteiger partial charge < -0.3 is 19.4 Å². The van der Waals surface area contributed by atoms with Crippen LogP contribution in [0.1, 0.15) is 19.2 Å². The summed E-state index contributed by atoms with van der Waals surface area (Å²) in [7, 11) is 0. The number of hydrogen-bond acceptors (Lipinski definition) is 8. The minimum absolute atomic E-state index is 0.165. The van der Waals surface area contributed by atoms with Crippen LogP contribution in [0.3, 0.4) is 0 Å². The standard InChI is InChI=1S/C21H26F2N8O/c1-2-28-7-9-29(10-8-28)19-25-20(30-11-13-32-14-12-30)27-21(26-19)31-16-6-4-3-5-15(16)24-18(31)17(22)23/h3-6,17H,2,7-14H2,1H3. The maximum atomic E-state index is 13.9. The molecule has 0 bridgehead atoms. The highest BCUT2D eigenvalue weighted by molar-refractivity contribution is 5.77. The van der Waals surface area contributed by atoms with Crippen molar-refractivity contribution in [2.24, 2.45) is 0 Å². The third-order valence-corrected chi connectivity index (χ3v) is 5.98. The van der Waals surface area contributed by atoms with E-state index >= 15 is 0 Å². The van der Waals surface area contributed by atoms with Crippen LogP contribution in [0, 0.1) is 0 Å². The van der Waals surface area contributed by atoms with Crippen LogP contribution in [-0.4, -0.2) is 88.4 Å². The molecule has 0 saturated carbocycles. The molecule has 2 aromatic heterocycles. The van der Waals surface area contributed by atoms with Gasteiger partial charge in [-0.1, -0.05) is 19.1 Å². The number of hydrogen-bond donors (Lipinski definition) is 0. The molecule has 2 saturated heterocycles. The number of morpholine rings is 1. The normalized spacial score (nSPS) is 18.1. The highest BCUT2D eigenvalue weighted by Gasteiger charge is 2.26. The third kappa shape index (κ3) is 3.97. The molecule has 9 nitrogen and oxygen atoms in total. The SMILES string of the molecule is CCN1CCN(c2nc(N3CCOCC3)nc(-n3c(C(F)F)nc4ccccc43)n2)CC1. The predicted octanol–water partition coefficient (Wildman–Crippen LogP) is 2.13. The Hall–Kier alpha value is -2.92. The average Bonchev–Trinajstić information content (AvgIpc) is 3.24. The number of anilines is 2. The van der Waals surface area contributed by atoms with E-state index in [0.717, 1.165) is 32.7 Å². The number of halogens is 2. The summed E-state index contributed by atoms with van der Waals surface area (Å²) < 4.78 is 34.7. The lowest BCUT2D eigenvalue weighted by atomic mass is 10.3. The molecule has 4 heterocycles. The molecule has 2 aliphatic heterocycles. The number of alkyl halides is 2. The van der Waals surface area contributed by atoms with Crippen molar-refractivity contribution >= 4 is 22.9 Å². The molecule has 5 rings (SSSR count). The fraction of sp³-hybridized carbons (Fsp3) is 0.524. The minimum Gasteiger partial charge on any atom is -0.378 e. The summed E-state index contributed by atoms with van der Waals surface area (Å²) in [4.78, 5) is 24.6. The maximum Gasteiger partial charge on any atom is 0.296 e. The first kappa shape index (κ1) is 21.0. The van der Waals surface area contributed by atoms with Crippen molar-refractivity contribution in [1.82, 2.24) is 29.4 Å². The van der Waals surface area contributed by atoms with Crippen LogP contribution in [0.4, 0.5) is 20.7 Å². The Morgan fingerprint density at radius 3 is 2.12 bits per heavy atom. The summed E-state index contributed by atoms with van der Waals surface area (Å²) >= 11 is 0. The lowest BCUT2D eigenvalue weighted by Gasteiger charge is -2.34. The van der Waals surface area contributed by atoms with Crippen molar-refractivity contribution in [3.8, 4) is 5.95 Å². The number of nitrogens with zero attached hydrogens (tertiary/aromatic N) is 8. The van der Waals surface area contributed by atoms with E-state index in [0.29, 0.717) is 49.2 Å². The van der Waals surface area contributed by atoms with Crippen LogP contribution in [-0.2, 0) is 4.74 Å². The van der Waals surface area contributed by atoms with Crippen LogP contribution in [0.5, 0.6) is 0 Å². The van der Waals surface area contributed by atoms with E-state index in [1.165, 1.54) is 4.57 Å². The molecule has 32 heavy (non-hydrogen) atoms. The van der Waals surface area contributed by atoms with Gasteiger partial charge in [-0.2, -0.15) is 15.0 Å². The summed E-state index contributed by atoms with van der Waals surface area (Å²) in [6.07, 6.45) is -2.76. The van der Waals surface area contributed by atoms with Crippen LogP contribution in [0.15, 0.2) is 24.3 Å². The molecule has 0 N–H and O–H groups in total. The zero-order valence-electron chi connectivity index (χ0n) is 18.0. The van der Waals surface area contributed by atoms with E-state index < -0.39 is 6.43 Å². The molecule has 0 aliphatic carbocycles. The molecule has 170 valence electrons. The van der Waals surface area contributed by atoms with Gasteiger partial charge in [-0.15, -0.1) is 0 Å². The number of aromatic nitrogens is 5. The van der Waals surface area contributed by atoms with Crippen molar-refractivity contribution in [3.63, 3.8) is 0 Å². The summed E-state index contributed by atoms with van der Waals surface area (Å²) in [6.45, 7) is 8.90. The van der Waals surface area contributed by atoms with E-state index in [-0.39, 0.29) is 11.8 Å². The van der Waals surface area contributed by atoms with Gasteiger partial charge in [0.15, 0.2) is 5.82 Å². The average molecular weight is 444 g/mol. The molecule has 0 radical (unpaired) electrons. The third-order valence-electron chi connectivity index (χ3n) is 5.98. The van der Waals surface area contributed by atoms with Gasteiger partial charge in [-0.25, -0.2) is 13.8 Å². The molecule has 1 aromatic carbocycles. The van der Waals surface area contributed by atoms with Crippen molar-refractivity contribution in [2.45, 2.75) is 13.3 Å². The van der Waals surface area contributed by atoms with Crippen molar-refractivity contribution in [2.75, 3.05) is 68.8 Å². The van der Waals surface area contributed by atoms with Gasteiger partial charge >= 0.3 is 0 Å². The first-order valence-corrected chi connectivity index (χ1v) is 11.0. The Morgan fingerprint density at radius 2 is 1.47 bits per heavy atom. The van der Waals surface area contributed by atoms with Gasteiger partial charge in [0.1, 0.15) is 0 Å². The molecule has 0 atom stereocenters. The lowest BCUT2D eigenvalue weighted by Crippen LogP contribution is -2.47. The van der Waals surface area contributed by atoms with Crippen LogP contribution in [0.2, 0.25) is 0 Å². The molecular weight excluding hydrogens is 418 g/mol. The predicted molar refractivity (Wildman–Crippen MR) is 117 cm³/mol. The van der Waals surface area contributed by atoms with Gasteiger partial charge in [0.2, 0.25) is 17.8 Å². The fourth-order valence-electron chi connectivity index (χ4n) is 4.15. The van der Waals surface area contributed by atoms with Gasteiger partial charge in [0.25, 0.3) is 6.43 Å². The van der Waals surface area contributed by atoms with Gasteiger partial charge in [-0.05, 0) is 18.7 Å². The Morgan fingerprint density at radius 1 is 0.844 bits per heavy atom. The van der Waals surface area contributed by atoms with E-state index in [2.05, 4.69) is 31.7 Å². The maximum absolute atomic E-state index is 13.9. The Kier molecular flexibility index (Phi) is 5.83. The van der Waals surface area contributed by atoms with E-state index in [1.54, 1.807) is 24.3 Å². The summed E-state index contributed by atoms with van der Waals surface area (Å²) in [5.74, 6) is 0.778. The van der Waals surface area contributed by atoms with Gasteiger partial charge in [0, 0.05) is 39.3 Å². The summed E-state index contributed by atoms with van der Waals surface area (Å²) in [5.41, 5.74) is 1.03. The first-order valence-electron chi connectivity index (χ1n) is 11.0. The molecular formula is C21H26F2N8O. The number of fused-ring (bicyclic) bond motifs is 1. The van der Waals surface area contributed by atoms with Crippen molar-refractivity contribution in [3.05, 3.63) is 30.1 Å². The van der Waals surface area contributed by atoms with E-state index in [1.807, 2.05) is 4.90 Å². The van der Waals surface area contributed by atoms with E-state index in [9.17, 15) is 8.78 Å². The zero-order valence-corrected chi connectivity index (χ0v) is 18.0. The molecule has 2 fully saturated rings. The van der Waals surface area contributed by atoms with Crippen molar-refractivity contribution in [1.29, 1.82) is 0 Å². The number of piperazine rings is 1. The number of para-hydroxylation sites is 2. The number of imidazole rings is 1. The lowest BCUT2D eigenvalue weighted by molar-refractivity contribution is 0.122. The van der Waals surface area contributed by atoms with Crippen LogP contribution < -0.4 is 9.80 Å². The molecule has 2 aliphatic rings. The highest BCUT2D eigenvalue weighted by atomic mass is 19.3. The number of likely N-dealkylation sites (N-methyl/N-ethyl adjacent to an activating group) is 1. The monoisotopic (exact) mass is 444 g/mol. The molecule has 3 aromatic rings. The quantitative estimate of drug-likeness (QED) is 0.593. The second kappa shape index (κ2) is 8.91. The minimum atomic E-state index is -2.76. The number of ether oxygens (including phenoxy) is 1. The topological polar surface area (TPSA) is 75.4 Å². The largest absolute Gasteiger partial charge is 0.378 e. The number of benzene rings is 1. The van der Waals surface area contributed by atoms with E-state index in [4.69, 9.17) is 9.72 Å². The Bertz CT molecular complexity index is 1080. The first-order chi connectivity index (χ1) is 15.6. The van der Waals surface area contributed by atoms with Crippen LogP contribution in [0.25, 0.3) is 17.0 Å². The summed E-state index contributed by atoms with van der Waals surface area (Å²) in [6, 6.07) is 7.05. The second-order valence-electron chi connectivity index (χ2n) is 7.85.